The summed E-state index contributed by atoms with van der Waals surface area (Å²) in [6.45, 7) is 1.28. The topological polar surface area (TPSA) is 82.1 Å². The van der Waals surface area contributed by atoms with Crippen LogP contribution in [0.15, 0.2) is 48.5 Å². The molecule has 10 heteroatoms. The minimum Gasteiger partial charge on any atom is -0.496 e. The Morgan fingerprint density at radius 2 is 1.94 bits per heavy atom. The van der Waals surface area contributed by atoms with Gasteiger partial charge < -0.3 is 10.5 Å². The van der Waals surface area contributed by atoms with Gasteiger partial charge in [-0.05, 0) is 53.6 Å². The van der Waals surface area contributed by atoms with E-state index < -0.39 is 12.0 Å². The van der Waals surface area contributed by atoms with Crippen LogP contribution < -0.4 is 10.5 Å². The van der Waals surface area contributed by atoms with Crippen molar-refractivity contribution >= 4 is 0 Å². The van der Waals surface area contributed by atoms with Gasteiger partial charge in [-0.15, -0.1) is 5.10 Å². The maximum atomic E-state index is 13.3. The Morgan fingerprint density at radius 3 is 2.65 bits per heavy atom. The number of alkyl halides is 3. The third-order valence-electron chi connectivity index (χ3n) is 5.53. The standard InChI is InChI=1S/C21H23F3N6O/c1-31-18-10-9-16(30-20(21(22,23)24)26-27-28-30)12-15(18)13-29-11-5-8-17(25)19(29)14-6-3-2-4-7-14/h2-4,6-7,9-10,12,17,19H,5,8,11,13,25H2,1H3/t17-,19-/m0/s1. The second-order valence-electron chi connectivity index (χ2n) is 7.54. The average molecular weight is 432 g/mol. The van der Waals surface area contributed by atoms with Crippen LogP contribution in [0.2, 0.25) is 0 Å². The Morgan fingerprint density at radius 1 is 1.16 bits per heavy atom. The molecule has 1 fully saturated rings. The predicted molar refractivity (Wildman–Crippen MR) is 108 cm³/mol. The molecule has 4 rings (SSSR count). The molecule has 31 heavy (non-hydrogen) atoms. The maximum Gasteiger partial charge on any atom is 0.453 e. The second kappa shape index (κ2) is 8.64. The van der Waals surface area contributed by atoms with Crippen LogP contribution in [0, 0.1) is 0 Å². The van der Waals surface area contributed by atoms with Crippen molar-refractivity contribution < 1.29 is 17.9 Å². The van der Waals surface area contributed by atoms with Gasteiger partial charge in [0.1, 0.15) is 5.75 Å². The van der Waals surface area contributed by atoms with Crippen LogP contribution in [0.1, 0.15) is 35.8 Å². The Hall–Kier alpha value is -2.98. The number of methoxy groups -OCH3 is 1. The first-order valence-corrected chi connectivity index (χ1v) is 9.96. The molecule has 2 atom stereocenters. The second-order valence-corrected chi connectivity index (χ2v) is 7.54. The van der Waals surface area contributed by atoms with Crippen molar-refractivity contribution in [3.05, 3.63) is 65.5 Å². The number of piperidine rings is 1. The summed E-state index contributed by atoms with van der Waals surface area (Å²) in [5, 5.41) is 9.86. The fourth-order valence-corrected chi connectivity index (χ4v) is 4.16. The molecule has 1 aromatic heterocycles. The fourth-order valence-electron chi connectivity index (χ4n) is 4.16. The summed E-state index contributed by atoms with van der Waals surface area (Å²) in [5.74, 6) is -0.595. The van der Waals surface area contributed by atoms with Gasteiger partial charge in [0.2, 0.25) is 0 Å². The number of likely N-dealkylation sites (tertiary alicyclic amines) is 1. The molecule has 0 bridgehead atoms. The molecular weight excluding hydrogens is 409 g/mol. The third-order valence-corrected chi connectivity index (χ3v) is 5.53. The zero-order valence-corrected chi connectivity index (χ0v) is 17.0. The molecule has 1 saturated heterocycles. The molecule has 2 heterocycles. The van der Waals surface area contributed by atoms with Crippen LogP contribution in [-0.4, -0.2) is 44.8 Å². The SMILES string of the molecule is COc1ccc(-n2nnnc2C(F)(F)F)cc1CN1CCC[C@H](N)[C@@H]1c1ccccc1. The van der Waals surface area contributed by atoms with E-state index in [0.29, 0.717) is 17.0 Å². The summed E-state index contributed by atoms with van der Waals surface area (Å²) >= 11 is 0. The summed E-state index contributed by atoms with van der Waals surface area (Å²) in [6, 6.07) is 14.7. The van der Waals surface area contributed by atoms with E-state index in [0.717, 1.165) is 30.5 Å². The summed E-state index contributed by atoms with van der Waals surface area (Å²) in [4.78, 5) is 2.25. The predicted octanol–water partition coefficient (Wildman–Crippen LogP) is 3.35. The van der Waals surface area contributed by atoms with E-state index in [9.17, 15) is 13.2 Å². The highest BCUT2D eigenvalue weighted by atomic mass is 19.4. The smallest absolute Gasteiger partial charge is 0.453 e. The number of rotatable bonds is 5. The first kappa shape index (κ1) is 21.3. The van der Waals surface area contributed by atoms with Crippen molar-refractivity contribution in [2.45, 2.75) is 37.6 Å². The minimum absolute atomic E-state index is 0.00193. The number of tetrazole rings is 1. The Balaban J connectivity index is 1.69. The van der Waals surface area contributed by atoms with Crippen molar-refractivity contribution in [1.29, 1.82) is 0 Å². The van der Waals surface area contributed by atoms with Crippen molar-refractivity contribution in [2.24, 2.45) is 5.73 Å². The van der Waals surface area contributed by atoms with Gasteiger partial charge in [-0.2, -0.15) is 17.9 Å². The van der Waals surface area contributed by atoms with E-state index in [1.54, 1.807) is 12.1 Å². The first-order valence-electron chi connectivity index (χ1n) is 9.96. The Kier molecular flexibility index (Phi) is 5.92. The molecule has 0 aliphatic carbocycles. The number of hydrogen-bond acceptors (Lipinski definition) is 6. The minimum atomic E-state index is -4.67. The summed E-state index contributed by atoms with van der Waals surface area (Å²) in [7, 11) is 1.54. The van der Waals surface area contributed by atoms with Crippen LogP contribution >= 0.6 is 0 Å². The first-order chi connectivity index (χ1) is 14.9. The van der Waals surface area contributed by atoms with Crippen molar-refractivity contribution in [1.82, 2.24) is 25.1 Å². The number of aromatic nitrogens is 4. The number of hydrogen-bond donors (Lipinski definition) is 1. The van der Waals surface area contributed by atoms with Crippen LogP contribution in [0.25, 0.3) is 5.69 Å². The van der Waals surface area contributed by atoms with Crippen LogP contribution in [0.5, 0.6) is 5.75 Å². The molecule has 164 valence electrons. The lowest BCUT2D eigenvalue weighted by atomic mass is 9.90. The third kappa shape index (κ3) is 4.40. The van der Waals surface area contributed by atoms with Crippen molar-refractivity contribution in [3.63, 3.8) is 0 Å². The highest BCUT2D eigenvalue weighted by Crippen LogP contribution is 2.34. The van der Waals surface area contributed by atoms with Crippen LogP contribution in [0.4, 0.5) is 13.2 Å². The van der Waals surface area contributed by atoms with Gasteiger partial charge in [0.05, 0.1) is 18.8 Å². The summed E-state index contributed by atoms with van der Waals surface area (Å²) < 4.78 is 46.0. The molecule has 1 aliphatic heterocycles. The van der Waals surface area contributed by atoms with E-state index in [-0.39, 0.29) is 17.8 Å². The number of nitrogens with two attached hydrogens (primary N) is 1. The molecule has 0 spiro atoms. The zero-order valence-electron chi connectivity index (χ0n) is 17.0. The molecule has 2 N–H and O–H groups in total. The van der Waals surface area contributed by atoms with Gasteiger partial charge >= 0.3 is 6.18 Å². The molecule has 0 amide bonds. The molecule has 2 aromatic carbocycles. The Bertz CT molecular complexity index is 1020. The summed E-state index contributed by atoms with van der Waals surface area (Å²) in [5.41, 5.74) is 8.54. The lowest BCUT2D eigenvalue weighted by Crippen LogP contribution is -2.45. The largest absolute Gasteiger partial charge is 0.496 e. The molecule has 0 saturated carbocycles. The van der Waals surface area contributed by atoms with Gasteiger partial charge in [-0.3, -0.25) is 4.90 Å². The van der Waals surface area contributed by atoms with Gasteiger partial charge in [-0.25, -0.2) is 0 Å². The van der Waals surface area contributed by atoms with Crippen molar-refractivity contribution in [3.8, 4) is 11.4 Å². The van der Waals surface area contributed by atoms with Crippen LogP contribution in [-0.2, 0) is 12.7 Å². The molecule has 3 aromatic rings. The van der Waals surface area contributed by atoms with E-state index >= 15 is 0 Å². The maximum absolute atomic E-state index is 13.3. The molecule has 7 nitrogen and oxygen atoms in total. The fraction of sp³-hybridized carbons (Fsp3) is 0.381. The normalized spacial score (nSPS) is 20.0. The van der Waals surface area contributed by atoms with E-state index in [1.165, 1.54) is 13.2 Å². The molecule has 0 unspecified atom stereocenters. The number of benzene rings is 2. The lowest BCUT2D eigenvalue weighted by Gasteiger charge is -2.40. The number of halogens is 3. The van der Waals surface area contributed by atoms with Gasteiger partial charge in [0.25, 0.3) is 5.82 Å². The molecular formula is C21H23F3N6O. The number of ether oxygens (including phenoxy) is 1. The summed E-state index contributed by atoms with van der Waals surface area (Å²) in [6.07, 6.45) is -2.81. The van der Waals surface area contributed by atoms with Gasteiger partial charge in [0, 0.05) is 18.2 Å². The average Bonchev–Trinajstić information content (AvgIpc) is 3.25. The van der Waals surface area contributed by atoms with Crippen molar-refractivity contribution in [2.75, 3.05) is 13.7 Å². The van der Waals surface area contributed by atoms with Crippen LogP contribution in [0.3, 0.4) is 0 Å². The highest BCUT2D eigenvalue weighted by Gasteiger charge is 2.38. The number of nitrogens with zero attached hydrogens (tertiary/aromatic N) is 5. The van der Waals surface area contributed by atoms with Gasteiger partial charge in [-0.1, -0.05) is 30.3 Å². The Labute approximate surface area is 177 Å². The van der Waals surface area contributed by atoms with E-state index in [4.69, 9.17) is 10.5 Å². The molecule has 0 radical (unpaired) electrons. The highest BCUT2D eigenvalue weighted by molar-refractivity contribution is 5.44. The zero-order chi connectivity index (χ0) is 22.0. The van der Waals surface area contributed by atoms with E-state index in [2.05, 4.69) is 20.4 Å². The monoisotopic (exact) mass is 432 g/mol. The lowest BCUT2D eigenvalue weighted by molar-refractivity contribution is -0.146. The molecule has 1 aliphatic rings. The van der Waals surface area contributed by atoms with Gasteiger partial charge in [0.15, 0.2) is 0 Å². The van der Waals surface area contributed by atoms with E-state index in [1.807, 2.05) is 30.3 Å². The quantitative estimate of drug-likeness (QED) is 0.666.